The van der Waals surface area contributed by atoms with Crippen LogP contribution in [0.5, 0.6) is 23.0 Å². The van der Waals surface area contributed by atoms with Gasteiger partial charge in [0.05, 0.1) is 28.4 Å². The highest BCUT2D eigenvalue weighted by atomic mass is 35.5. The Morgan fingerprint density at radius 2 is 0.753 bits per heavy atom. The van der Waals surface area contributed by atoms with Crippen molar-refractivity contribution in [2.45, 2.75) is 19.3 Å². The molecule has 3 saturated heterocycles. The van der Waals surface area contributed by atoms with Gasteiger partial charge in [0.15, 0.2) is 17.5 Å². The molecule has 0 radical (unpaired) electrons. The predicted molar refractivity (Wildman–Crippen MR) is 344 cm³/mol. The molecule has 9 aromatic rings. The summed E-state index contributed by atoms with van der Waals surface area (Å²) in [6, 6.07) is 46.9. The maximum atomic E-state index is 13.1. The number of halogens is 2. The SMILES string of the molecule is COc1ccc(-c2nsc(N3CCN(CCc4cccc(OC)c4)CC3)n2)cc1.COc1ccc(CCN2CCN(c3nc(-c4ccc(F)cc4)ns3)CC2)cc1.COc1cccc(CCN2CCN(c3nc(-c4cccc(Cl)c4)ns3)CC2)c1. The Morgan fingerprint density at radius 3 is 1.15 bits per heavy atom. The van der Waals surface area contributed by atoms with Crippen molar-refractivity contribution in [3.63, 3.8) is 0 Å². The summed E-state index contributed by atoms with van der Waals surface area (Å²) in [5.74, 6) is 5.55. The number of nitrogens with zero attached hydrogens (tertiary/aromatic N) is 12. The lowest BCUT2D eigenvalue weighted by atomic mass is 10.1. The highest BCUT2D eigenvalue weighted by Gasteiger charge is 2.24. The van der Waals surface area contributed by atoms with Gasteiger partial charge in [-0.25, -0.2) is 4.39 Å². The minimum Gasteiger partial charge on any atom is -0.497 e. The molecule has 444 valence electrons. The third-order valence-corrected chi connectivity index (χ3v) is 17.9. The van der Waals surface area contributed by atoms with Gasteiger partial charge in [-0.3, -0.25) is 14.7 Å². The number of benzene rings is 6. The number of hydrogen-bond donors (Lipinski definition) is 0. The number of hydrogen-bond acceptors (Lipinski definition) is 19. The van der Waals surface area contributed by atoms with Gasteiger partial charge in [-0.2, -0.15) is 28.1 Å². The molecule has 0 N–H and O–H groups in total. The summed E-state index contributed by atoms with van der Waals surface area (Å²) < 4.78 is 47.7. The van der Waals surface area contributed by atoms with Crippen LogP contribution in [0.25, 0.3) is 34.2 Å². The molecule has 0 spiro atoms. The molecule has 6 heterocycles. The Kier molecular flexibility index (Phi) is 21.9. The molecule has 12 rings (SSSR count). The summed E-state index contributed by atoms with van der Waals surface area (Å²) in [5, 5.41) is 3.64. The lowest BCUT2D eigenvalue weighted by Crippen LogP contribution is -2.47. The van der Waals surface area contributed by atoms with E-state index >= 15 is 0 Å². The van der Waals surface area contributed by atoms with Crippen molar-refractivity contribution in [3.8, 4) is 57.2 Å². The van der Waals surface area contributed by atoms with E-state index in [1.54, 1.807) is 40.6 Å². The van der Waals surface area contributed by atoms with Gasteiger partial charge in [0.2, 0.25) is 15.4 Å². The van der Waals surface area contributed by atoms with Crippen molar-refractivity contribution in [2.75, 3.05) is 141 Å². The number of aromatic nitrogens is 6. The first kappa shape index (κ1) is 60.8. The second-order valence-corrected chi connectivity index (χ2v) is 23.4. The second kappa shape index (κ2) is 30.7. The zero-order valence-corrected chi connectivity index (χ0v) is 51.8. The van der Waals surface area contributed by atoms with Crippen molar-refractivity contribution in [1.82, 2.24) is 42.8 Å². The molecule has 21 heteroatoms. The van der Waals surface area contributed by atoms with E-state index in [0.29, 0.717) is 10.8 Å². The van der Waals surface area contributed by atoms with Crippen molar-refractivity contribution in [1.29, 1.82) is 0 Å². The van der Waals surface area contributed by atoms with Crippen LogP contribution < -0.4 is 33.6 Å². The third-order valence-electron chi connectivity index (χ3n) is 15.3. The third kappa shape index (κ3) is 17.4. The van der Waals surface area contributed by atoms with E-state index < -0.39 is 0 Å². The average Bonchev–Trinajstić information content (AvgIpc) is 4.60. The quantitative estimate of drug-likeness (QED) is 0.0759. The zero-order chi connectivity index (χ0) is 58.7. The van der Waals surface area contributed by atoms with Gasteiger partial charge in [0.1, 0.15) is 28.8 Å². The Balaban J connectivity index is 0.000000142. The molecule has 3 aliphatic rings. The molecule has 85 heavy (non-hydrogen) atoms. The first-order valence-electron chi connectivity index (χ1n) is 28.7. The van der Waals surface area contributed by atoms with E-state index in [9.17, 15) is 4.39 Å². The maximum Gasteiger partial charge on any atom is 0.205 e. The van der Waals surface area contributed by atoms with Crippen molar-refractivity contribution in [2.24, 2.45) is 0 Å². The van der Waals surface area contributed by atoms with E-state index in [1.165, 1.54) is 63.4 Å². The van der Waals surface area contributed by atoms with Crippen LogP contribution in [-0.2, 0) is 19.3 Å². The molecule has 16 nitrogen and oxygen atoms in total. The molecular formula is C64H72ClFN12O4S3. The molecule has 6 aromatic carbocycles. The van der Waals surface area contributed by atoms with Crippen molar-refractivity contribution < 1.29 is 23.3 Å². The van der Waals surface area contributed by atoms with Crippen molar-refractivity contribution in [3.05, 3.63) is 173 Å². The maximum absolute atomic E-state index is 13.1. The monoisotopic (exact) mass is 1220 g/mol. The van der Waals surface area contributed by atoms with Gasteiger partial charge in [0.25, 0.3) is 0 Å². The average molecular weight is 1220 g/mol. The summed E-state index contributed by atoms with van der Waals surface area (Å²) in [4.78, 5) is 28.6. The van der Waals surface area contributed by atoms with Crippen molar-refractivity contribution >= 4 is 61.6 Å². The Morgan fingerprint density at radius 1 is 0.388 bits per heavy atom. The molecule has 0 bridgehead atoms. The summed E-state index contributed by atoms with van der Waals surface area (Å²) in [5.41, 5.74) is 6.80. The molecule has 3 aliphatic heterocycles. The van der Waals surface area contributed by atoms with Crippen LogP contribution in [-0.4, -0.2) is 169 Å². The normalized spacial score (nSPS) is 14.9. The Hall–Kier alpha value is -7.30. The molecule has 3 fully saturated rings. The lowest BCUT2D eigenvalue weighted by Gasteiger charge is -2.34. The topological polar surface area (TPSA) is 134 Å². The number of anilines is 3. The highest BCUT2D eigenvalue weighted by molar-refractivity contribution is 7.10. The van der Waals surface area contributed by atoms with E-state index in [2.05, 4.69) is 96.0 Å². The van der Waals surface area contributed by atoms with Crippen LogP contribution in [0, 0.1) is 5.82 Å². The molecule has 0 amide bonds. The molecule has 0 saturated carbocycles. The zero-order valence-electron chi connectivity index (χ0n) is 48.6. The van der Waals surface area contributed by atoms with Gasteiger partial charge < -0.3 is 33.6 Å². The summed E-state index contributed by atoms with van der Waals surface area (Å²) >= 11 is 10.4. The molecule has 3 aromatic heterocycles. The van der Waals surface area contributed by atoms with Gasteiger partial charge >= 0.3 is 0 Å². The van der Waals surface area contributed by atoms with Gasteiger partial charge in [-0.1, -0.05) is 60.1 Å². The molecule has 0 unspecified atom stereocenters. The van der Waals surface area contributed by atoms with E-state index in [-0.39, 0.29) is 5.82 Å². The lowest BCUT2D eigenvalue weighted by molar-refractivity contribution is 0.261. The molecular weight excluding hydrogens is 1150 g/mol. The van der Waals surface area contributed by atoms with Crippen LogP contribution in [0.2, 0.25) is 5.02 Å². The van der Waals surface area contributed by atoms with Gasteiger partial charge in [0, 0.05) is 154 Å². The minimum absolute atomic E-state index is 0.245. The highest BCUT2D eigenvalue weighted by Crippen LogP contribution is 2.30. The largest absolute Gasteiger partial charge is 0.497 e. The van der Waals surface area contributed by atoms with E-state index in [1.807, 2.05) is 72.8 Å². The van der Waals surface area contributed by atoms with Crippen LogP contribution >= 0.6 is 46.2 Å². The Bertz CT molecular complexity index is 3460. The summed E-state index contributed by atoms with van der Waals surface area (Å²) in [6.45, 7) is 15.2. The van der Waals surface area contributed by atoms with Crippen LogP contribution in [0.1, 0.15) is 16.7 Å². The van der Waals surface area contributed by atoms with Crippen LogP contribution in [0.3, 0.4) is 0 Å². The number of methoxy groups -OCH3 is 4. The van der Waals surface area contributed by atoms with Crippen LogP contribution in [0.15, 0.2) is 146 Å². The van der Waals surface area contributed by atoms with Crippen LogP contribution in [0.4, 0.5) is 19.8 Å². The first-order chi connectivity index (χ1) is 41.7. The minimum atomic E-state index is -0.245. The molecule has 0 aliphatic carbocycles. The van der Waals surface area contributed by atoms with Gasteiger partial charge in [-0.05, 0) is 133 Å². The molecule has 0 atom stereocenters. The van der Waals surface area contributed by atoms with Gasteiger partial charge in [-0.15, -0.1) is 0 Å². The second-order valence-electron chi connectivity index (χ2n) is 20.7. The number of ether oxygens (including phenoxy) is 4. The predicted octanol–water partition coefficient (Wildman–Crippen LogP) is 11.5. The van der Waals surface area contributed by atoms with E-state index in [0.717, 1.165) is 184 Å². The standard InChI is InChI=1S/C22H26N4O2S.C21H23ClN4OS.C21H23FN4OS/c1-27-19-8-6-18(7-9-19)21-23-22(29-24-21)26-14-12-25(13-15-26)11-10-17-4-3-5-20(16-17)28-2;1-27-19-7-2-4-16(14-19)8-9-25-10-12-26(13-11-25)21-23-20(24-28-21)17-5-3-6-18(22)15-17;1-27-19-8-2-16(3-9-19)10-11-25-12-14-26(15-13-25)21-23-20(24-28-21)17-4-6-18(22)7-5-17/h3-9,16H,10-15H2,1-2H3;2-7,14-15H,8-13H2,1H3;2-9H,10-15H2,1H3. The smallest absolute Gasteiger partial charge is 0.205 e. The van der Waals surface area contributed by atoms with E-state index in [4.69, 9.17) is 40.5 Å². The Labute approximate surface area is 515 Å². The number of rotatable bonds is 19. The number of piperazine rings is 3. The summed E-state index contributed by atoms with van der Waals surface area (Å²) in [7, 11) is 6.79. The fraction of sp³-hybridized carbons (Fsp3) is 0.344. The fourth-order valence-electron chi connectivity index (χ4n) is 10.1. The fourth-order valence-corrected chi connectivity index (χ4v) is 12.6. The summed E-state index contributed by atoms with van der Waals surface area (Å²) in [6.07, 6.45) is 3.12. The first-order valence-corrected chi connectivity index (χ1v) is 31.4.